The van der Waals surface area contributed by atoms with Gasteiger partial charge in [-0.25, -0.2) is 8.42 Å². The van der Waals surface area contributed by atoms with Crippen LogP contribution in [0.1, 0.15) is 37.5 Å². The van der Waals surface area contributed by atoms with Crippen LogP contribution < -0.4 is 9.62 Å². The first-order valence-corrected chi connectivity index (χ1v) is 15.2. The Morgan fingerprint density at radius 1 is 0.850 bits per heavy atom. The quantitative estimate of drug-likeness (QED) is 0.291. The zero-order valence-corrected chi connectivity index (χ0v) is 25.6. The van der Waals surface area contributed by atoms with E-state index in [9.17, 15) is 18.0 Å². The lowest BCUT2D eigenvalue weighted by Gasteiger charge is -2.32. The molecule has 3 rings (SSSR count). The number of nitrogens with one attached hydrogen (secondary N) is 1. The van der Waals surface area contributed by atoms with Crippen molar-refractivity contribution in [2.45, 2.75) is 52.1 Å². The molecule has 0 saturated carbocycles. The molecule has 7 nitrogen and oxygen atoms in total. The van der Waals surface area contributed by atoms with E-state index in [0.29, 0.717) is 22.3 Å². The van der Waals surface area contributed by atoms with E-state index in [1.54, 1.807) is 43.3 Å². The summed E-state index contributed by atoms with van der Waals surface area (Å²) in [5.74, 6) is -0.631. The highest BCUT2D eigenvalue weighted by Gasteiger charge is 2.32. The second-order valence-electron chi connectivity index (χ2n) is 10.2. The predicted molar refractivity (Wildman–Crippen MR) is 161 cm³/mol. The van der Waals surface area contributed by atoms with E-state index >= 15 is 0 Å². The summed E-state index contributed by atoms with van der Waals surface area (Å²) in [7, 11) is -4.17. The maximum absolute atomic E-state index is 14.0. The summed E-state index contributed by atoms with van der Waals surface area (Å²) in [6.45, 7) is 9.42. The van der Waals surface area contributed by atoms with Crippen LogP contribution in [0.3, 0.4) is 0 Å². The highest BCUT2D eigenvalue weighted by Crippen LogP contribution is 2.27. The van der Waals surface area contributed by atoms with Crippen LogP contribution in [0.4, 0.5) is 5.69 Å². The molecule has 0 spiro atoms. The van der Waals surface area contributed by atoms with Crippen LogP contribution in [-0.2, 0) is 26.2 Å². The van der Waals surface area contributed by atoms with Crippen molar-refractivity contribution in [1.29, 1.82) is 0 Å². The number of anilines is 1. The van der Waals surface area contributed by atoms with Crippen LogP contribution in [0.15, 0.2) is 71.6 Å². The Labute approximate surface area is 247 Å². The maximum atomic E-state index is 14.0. The molecule has 1 N–H and O–H groups in total. The monoisotopic (exact) mass is 603 g/mol. The minimum atomic E-state index is -4.17. The molecule has 0 bridgehead atoms. The minimum Gasteiger partial charge on any atom is -0.354 e. The van der Waals surface area contributed by atoms with Crippen molar-refractivity contribution in [3.05, 3.63) is 93.5 Å². The summed E-state index contributed by atoms with van der Waals surface area (Å²) in [6, 6.07) is 17.1. The van der Waals surface area contributed by atoms with Crippen LogP contribution in [0.2, 0.25) is 10.0 Å². The lowest BCUT2D eigenvalue weighted by molar-refractivity contribution is -0.139. The van der Waals surface area contributed by atoms with Gasteiger partial charge in [0.05, 0.1) is 10.6 Å². The Bertz CT molecular complexity index is 1440. The number of carbonyl (C=O) groups excluding carboxylic acids is 2. The SMILES string of the molecule is Cc1ccc(N(CC(=O)N(Cc2ccc(Cl)cc2)[C@@H](C)C(=O)NCC(C)C)S(=O)(=O)c2ccc(Cl)cc2)cc1C. The molecule has 0 aromatic heterocycles. The highest BCUT2D eigenvalue weighted by molar-refractivity contribution is 7.92. The second-order valence-corrected chi connectivity index (χ2v) is 12.9. The van der Waals surface area contributed by atoms with Gasteiger partial charge in [0.2, 0.25) is 11.8 Å². The standard InChI is InChI=1S/C30H35Cl2N3O4S/c1-20(2)17-33-30(37)23(5)34(18-24-7-9-25(31)10-8-24)29(36)19-35(27-13-6-21(3)22(4)16-27)40(38,39)28-14-11-26(32)12-15-28/h6-16,20,23H,17-19H2,1-5H3,(H,33,37)/t23-/m0/s1. The fourth-order valence-corrected chi connectivity index (χ4v) is 5.62. The molecule has 2 amide bonds. The van der Waals surface area contributed by atoms with Crippen LogP contribution in [0.5, 0.6) is 0 Å². The predicted octanol–water partition coefficient (Wildman–Crippen LogP) is 6.00. The van der Waals surface area contributed by atoms with E-state index in [1.165, 1.54) is 29.2 Å². The molecule has 0 aliphatic heterocycles. The molecule has 1 atom stereocenters. The molecule has 214 valence electrons. The van der Waals surface area contributed by atoms with Gasteiger partial charge < -0.3 is 10.2 Å². The molecule has 3 aromatic rings. The van der Waals surface area contributed by atoms with Crippen molar-refractivity contribution in [3.63, 3.8) is 0 Å². The number of amides is 2. The van der Waals surface area contributed by atoms with Crippen molar-refractivity contribution in [1.82, 2.24) is 10.2 Å². The van der Waals surface area contributed by atoms with Gasteiger partial charge in [-0.05, 0) is 91.9 Å². The zero-order chi connectivity index (χ0) is 29.6. The van der Waals surface area contributed by atoms with E-state index in [1.807, 2.05) is 33.8 Å². The summed E-state index contributed by atoms with van der Waals surface area (Å²) in [5.41, 5.74) is 2.95. The maximum Gasteiger partial charge on any atom is 0.264 e. The van der Waals surface area contributed by atoms with Gasteiger partial charge in [-0.1, -0.05) is 55.2 Å². The van der Waals surface area contributed by atoms with Crippen molar-refractivity contribution in [3.8, 4) is 0 Å². The van der Waals surface area contributed by atoms with Crippen LogP contribution in [-0.4, -0.2) is 44.3 Å². The normalized spacial score (nSPS) is 12.2. The van der Waals surface area contributed by atoms with Gasteiger partial charge in [-0.15, -0.1) is 0 Å². The average molecular weight is 605 g/mol. The van der Waals surface area contributed by atoms with Crippen molar-refractivity contribution in [2.75, 3.05) is 17.4 Å². The van der Waals surface area contributed by atoms with Gasteiger partial charge in [0.1, 0.15) is 12.6 Å². The number of rotatable bonds is 11. The molecule has 40 heavy (non-hydrogen) atoms. The second kappa shape index (κ2) is 13.5. The third-order valence-electron chi connectivity index (χ3n) is 6.58. The number of aryl methyl sites for hydroxylation is 2. The third-order valence-corrected chi connectivity index (χ3v) is 8.87. The number of nitrogens with zero attached hydrogens (tertiary/aromatic N) is 2. The molecule has 0 unspecified atom stereocenters. The number of benzene rings is 3. The highest BCUT2D eigenvalue weighted by atomic mass is 35.5. The number of hydrogen-bond acceptors (Lipinski definition) is 4. The number of halogens is 2. The average Bonchev–Trinajstić information content (AvgIpc) is 2.91. The Balaban J connectivity index is 2.03. The van der Waals surface area contributed by atoms with Crippen molar-refractivity contribution in [2.24, 2.45) is 5.92 Å². The summed E-state index contributed by atoms with van der Waals surface area (Å²) in [4.78, 5) is 28.4. The molecule has 10 heteroatoms. The first-order chi connectivity index (χ1) is 18.8. The molecule has 0 saturated heterocycles. The van der Waals surface area contributed by atoms with Crippen LogP contribution in [0, 0.1) is 19.8 Å². The Morgan fingerprint density at radius 2 is 1.43 bits per heavy atom. The summed E-state index contributed by atoms with van der Waals surface area (Å²) in [6.07, 6.45) is 0. The van der Waals surface area contributed by atoms with Crippen molar-refractivity contribution < 1.29 is 18.0 Å². The first-order valence-electron chi connectivity index (χ1n) is 13.0. The summed E-state index contributed by atoms with van der Waals surface area (Å²) >= 11 is 12.1. The largest absolute Gasteiger partial charge is 0.354 e. The van der Waals surface area contributed by atoms with Gasteiger partial charge in [0, 0.05) is 23.1 Å². The van der Waals surface area contributed by atoms with Crippen molar-refractivity contribution >= 4 is 50.7 Å². The van der Waals surface area contributed by atoms with Gasteiger partial charge in [0.25, 0.3) is 10.0 Å². The number of carbonyl (C=O) groups is 2. The fraction of sp³-hybridized carbons (Fsp3) is 0.333. The first kappa shape index (κ1) is 31.5. The molecule has 3 aromatic carbocycles. The molecular weight excluding hydrogens is 569 g/mol. The molecule has 0 aliphatic rings. The Kier molecular flexibility index (Phi) is 10.6. The Hall–Kier alpha value is -3.07. The zero-order valence-electron chi connectivity index (χ0n) is 23.3. The van der Waals surface area contributed by atoms with E-state index in [-0.39, 0.29) is 23.3 Å². The van der Waals surface area contributed by atoms with Crippen LogP contribution >= 0.6 is 23.2 Å². The lowest BCUT2D eigenvalue weighted by Crippen LogP contribution is -2.51. The summed E-state index contributed by atoms with van der Waals surface area (Å²) < 4.78 is 28.9. The van der Waals surface area contributed by atoms with E-state index in [2.05, 4.69) is 5.32 Å². The minimum absolute atomic E-state index is 0.00472. The molecule has 0 radical (unpaired) electrons. The molecule has 0 fully saturated rings. The fourth-order valence-electron chi connectivity index (χ4n) is 3.96. The van der Waals surface area contributed by atoms with E-state index in [0.717, 1.165) is 21.0 Å². The smallest absolute Gasteiger partial charge is 0.264 e. The van der Waals surface area contributed by atoms with Gasteiger partial charge in [0.15, 0.2) is 0 Å². The van der Waals surface area contributed by atoms with E-state index in [4.69, 9.17) is 23.2 Å². The third kappa shape index (κ3) is 7.99. The number of hydrogen-bond donors (Lipinski definition) is 1. The topological polar surface area (TPSA) is 86.8 Å². The van der Waals surface area contributed by atoms with Crippen LogP contribution in [0.25, 0.3) is 0 Å². The van der Waals surface area contributed by atoms with Gasteiger partial charge in [-0.3, -0.25) is 13.9 Å². The summed E-state index contributed by atoms with van der Waals surface area (Å²) in [5, 5.41) is 3.81. The van der Waals surface area contributed by atoms with Gasteiger partial charge >= 0.3 is 0 Å². The Morgan fingerprint density at radius 3 is 1.98 bits per heavy atom. The lowest BCUT2D eigenvalue weighted by atomic mass is 10.1. The molecule has 0 aliphatic carbocycles. The van der Waals surface area contributed by atoms with E-state index < -0.39 is 28.5 Å². The number of sulfonamides is 1. The molecular formula is C30H35Cl2N3O4S. The van der Waals surface area contributed by atoms with Gasteiger partial charge in [-0.2, -0.15) is 0 Å². The molecule has 0 heterocycles.